The molecule has 0 atom stereocenters. The number of rotatable bonds is 7. The second-order valence-electron chi connectivity index (χ2n) is 14.5. The largest absolute Gasteiger partial charge is 0.454 e. The lowest BCUT2D eigenvalue weighted by Gasteiger charge is -2.25. The molecule has 0 unspecified atom stereocenters. The molecule has 274 valence electrons. The van der Waals surface area contributed by atoms with Gasteiger partial charge in [-0.05, 0) is 79.2 Å². The van der Waals surface area contributed by atoms with Crippen LogP contribution in [0.2, 0.25) is 0 Å². The number of fused-ring (bicyclic) bond motifs is 6. The third-order valence-corrected chi connectivity index (χ3v) is 10.9. The molecule has 0 aliphatic heterocycles. The summed E-state index contributed by atoms with van der Waals surface area (Å²) in [5.41, 5.74) is 12.3. The van der Waals surface area contributed by atoms with Crippen LogP contribution in [-0.4, -0.2) is 19.5 Å². The van der Waals surface area contributed by atoms with E-state index < -0.39 is 0 Å². The fourth-order valence-corrected chi connectivity index (χ4v) is 8.31. The zero-order chi connectivity index (χ0) is 38.6. The molecule has 3 heterocycles. The first kappa shape index (κ1) is 33.5. The maximum absolute atomic E-state index is 6.54. The molecule has 0 N–H and O–H groups in total. The first-order chi connectivity index (χ1) is 28.7. The summed E-state index contributed by atoms with van der Waals surface area (Å²) in [5, 5.41) is 4.61. The van der Waals surface area contributed by atoms with Crippen molar-refractivity contribution in [3.8, 4) is 39.6 Å². The number of hydrogen-bond acceptors (Lipinski definition) is 5. The topological polar surface area (TPSA) is 60.0 Å². The molecular weight excluding hydrogens is 711 g/mol. The Kier molecular flexibility index (Phi) is 7.93. The number of furan rings is 1. The predicted molar refractivity (Wildman–Crippen MR) is 237 cm³/mol. The van der Waals surface area contributed by atoms with Crippen molar-refractivity contribution >= 4 is 60.8 Å². The smallest absolute Gasteiger partial charge is 0.163 e. The summed E-state index contributed by atoms with van der Waals surface area (Å²) >= 11 is 0. The van der Waals surface area contributed by atoms with Gasteiger partial charge in [-0.3, -0.25) is 0 Å². The highest BCUT2D eigenvalue weighted by Crippen LogP contribution is 2.43. The summed E-state index contributed by atoms with van der Waals surface area (Å²) in [6.07, 6.45) is 0. The molecule has 0 saturated carbocycles. The third-order valence-electron chi connectivity index (χ3n) is 10.9. The Bertz CT molecular complexity index is 3280. The van der Waals surface area contributed by atoms with Gasteiger partial charge in [0.25, 0.3) is 0 Å². The van der Waals surface area contributed by atoms with Crippen molar-refractivity contribution in [3.63, 3.8) is 0 Å². The summed E-state index contributed by atoms with van der Waals surface area (Å²) in [6.45, 7) is 1.92. The summed E-state index contributed by atoms with van der Waals surface area (Å²) in [6, 6.07) is 67.9. The van der Waals surface area contributed by atoms with E-state index in [-0.39, 0.29) is 0 Å². The van der Waals surface area contributed by atoms with Crippen molar-refractivity contribution in [1.29, 1.82) is 0 Å². The lowest BCUT2D eigenvalue weighted by atomic mass is 10.0. The first-order valence-corrected chi connectivity index (χ1v) is 19.4. The molecule has 0 radical (unpaired) electrons. The second-order valence-corrected chi connectivity index (χ2v) is 14.5. The van der Waals surface area contributed by atoms with Crippen LogP contribution in [0.1, 0.15) is 5.82 Å². The van der Waals surface area contributed by atoms with E-state index in [1.165, 1.54) is 10.8 Å². The molecule has 11 rings (SSSR count). The normalized spacial score (nSPS) is 11.5. The van der Waals surface area contributed by atoms with Gasteiger partial charge >= 0.3 is 0 Å². The third kappa shape index (κ3) is 5.61. The number of aryl methyl sites for hydroxylation is 1. The molecular formula is C52H35N5O. The maximum atomic E-state index is 6.54. The minimum Gasteiger partial charge on any atom is -0.454 e. The Morgan fingerprint density at radius 3 is 1.81 bits per heavy atom. The molecule has 3 aromatic heterocycles. The molecule has 8 aromatic carbocycles. The van der Waals surface area contributed by atoms with E-state index in [0.29, 0.717) is 17.5 Å². The van der Waals surface area contributed by atoms with Crippen LogP contribution in [0.25, 0.3) is 83.3 Å². The Morgan fingerprint density at radius 2 is 1.03 bits per heavy atom. The lowest BCUT2D eigenvalue weighted by molar-refractivity contribution is 0.669. The van der Waals surface area contributed by atoms with Gasteiger partial charge < -0.3 is 13.9 Å². The van der Waals surface area contributed by atoms with E-state index in [2.05, 4.69) is 166 Å². The molecule has 0 saturated heterocycles. The number of aromatic nitrogens is 4. The van der Waals surface area contributed by atoms with E-state index in [9.17, 15) is 0 Å². The lowest BCUT2D eigenvalue weighted by Crippen LogP contribution is -2.10. The summed E-state index contributed by atoms with van der Waals surface area (Å²) in [7, 11) is 0. The number of para-hydroxylation sites is 5. The average molecular weight is 746 g/mol. The van der Waals surface area contributed by atoms with Crippen molar-refractivity contribution in [3.05, 3.63) is 200 Å². The first-order valence-electron chi connectivity index (χ1n) is 19.4. The second kappa shape index (κ2) is 13.7. The Hall–Kier alpha value is -7.83. The van der Waals surface area contributed by atoms with E-state index in [4.69, 9.17) is 14.4 Å². The molecule has 6 heteroatoms. The summed E-state index contributed by atoms with van der Waals surface area (Å²) in [5.74, 6) is 2.01. The molecule has 0 bridgehead atoms. The summed E-state index contributed by atoms with van der Waals surface area (Å²) < 4.78 is 8.92. The Labute approximate surface area is 334 Å². The summed E-state index contributed by atoms with van der Waals surface area (Å²) in [4.78, 5) is 16.5. The van der Waals surface area contributed by atoms with Crippen LogP contribution in [0.5, 0.6) is 0 Å². The van der Waals surface area contributed by atoms with Gasteiger partial charge in [-0.25, -0.2) is 15.0 Å². The van der Waals surface area contributed by atoms with Crippen LogP contribution in [0, 0.1) is 6.92 Å². The zero-order valence-electron chi connectivity index (χ0n) is 31.6. The fourth-order valence-electron chi connectivity index (χ4n) is 8.31. The van der Waals surface area contributed by atoms with E-state index in [1.54, 1.807) is 0 Å². The predicted octanol–water partition coefficient (Wildman–Crippen LogP) is 13.6. The van der Waals surface area contributed by atoms with Gasteiger partial charge in [-0.1, -0.05) is 127 Å². The minimum atomic E-state index is 0.655. The number of nitrogens with zero attached hydrogens (tertiary/aromatic N) is 5. The standard InChI is InChI=1S/C52H35N5O/c1-34-53-51(36-14-4-2-5-15-36)55-52(54-34)37-28-32-40(33-29-37)57-46-23-10-8-18-42(46)44-21-12-20-41(49(44)57)35-26-30-39(31-27-35)56(38-16-6-3-7-17-38)47-24-13-22-45-43-19-9-11-25-48(43)58-50(45)47/h2-33H,1H3. The van der Waals surface area contributed by atoms with Gasteiger partial charge in [0.15, 0.2) is 17.2 Å². The van der Waals surface area contributed by atoms with Gasteiger partial charge in [0.05, 0.1) is 16.7 Å². The highest BCUT2D eigenvalue weighted by Gasteiger charge is 2.21. The van der Waals surface area contributed by atoms with Crippen LogP contribution < -0.4 is 4.90 Å². The number of hydrogen-bond donors (Lipinski definition) is 0. The molecule has 0 spiro atoms. The van der Waals surface area contributed by atoms with Crippen LogP contribution in [0.15, 0.2) is 199 Å². The molecule has 58 heavy (non-hydrogen) atoms. The number of anilines is 3. The van der Waals surface area contributed by atoms with Gasteiger partial charge in [0.2, 0.25) is 0 Å². The van der Waals surface area contributed by atoms with Crippen molar-refractivity contribution in [2.75, 3.05) is 4.90 Å². The van der Waals surface area contributed by atoms with E-state index in [0.717, 1.165) is 78.0 Å². The fraction of sp³-hybridized carbons (Fsp3) is 0.0192. The Morgan fingerprint density at radius 1 is 0.448 bits per heavy atom. The van der Waals surface area contributed by atoms with Crippen molar-refractivity contribution < 1.29 is 4.42 Å². The van der Waals surface area contributed by atoms with Crippen molar-refractivity contribution in [2.24, 2.45) is 0 Å². The van der Waals surface area contributed by atoms with Gasteiger partial charge in [-0.15, -0.1) is 0 Å². The minimum absolute atomic E-state index is 0.655. The van der Waals surface area contributed by atoms with Gasteiger partial charge in [0.1, 0.15) is 11.4 Å². The van der Waals surface area contributed by atoms with Gasteiger partial charge in [-0.2, -0.15) is 0 Å². The van der Waals surface area contributed by atoms with E-state index in [1.807, 2.05) is 49.4 Å². The van der Waals surface area contributed by atoms with Crippen LogP contribution in [0.3, 0.4) is 0 Å². The van der Waals surface area contributed by atoms with Crippen LogP contribution >= 0.6 is 0 Å². The molecule has 0 aliphatic carbocycles. The average Bonchev–Trinajstić information content (AvgIpc) is 3.84. The van der Waals surface area contributed by atoms with Gasteiger partial charge in [0, 0.05) is 55.3 Å². The van der Waals surface area contributed by atoms with Crippen LogP contribution in [0.4, 0.5) is 17.1 Å². The molecule has 0 aliphatic rings. The SMILES string of the molecule is Cc1nc(-c2ccccc2)nc(-c2ccc(-n3c4ccccc4c4cccc(-c5ccc(N(c6ccccc6)c6cccc7c6oc6ccccc67)cc5)c43)cc2)n1. The number of benzene rings is 8. The zero-order valence-corrected chi connectivity index (χ0v) is 31.6. The molecule has 0 fully saturated rings. The monoisotopic (exact) mass is 745 g/mol. The van der Waals surface area contributed by atoms with Crippen LogP contribution in [-0.2, 0) is 0 Å². The molecule has 6 nitrogen and oxygen atoms in total. The van der Waals surface area contributed by atoms with E-state index >= 15 is 0 Å². The quantitative estimate of drug-likeness (QED) is 0.163. The van der Waals surface area contributed by atoms with Crippen molar-refractivity contribution in [2.45, 2.75) is 6.92 Å². The Balaban J connectivity index is 1.02. The van der Waals surface area contributed by atoms with Crippen molar-refractivity contribution in [1.82, 2.24) is 19.5 Å². The molecule has 11 aromatic rings. The highest BCUT2D eigenvalue weighted by molar-refractivity contribution is 6.14. The highest BCUT2D eigenvalue weighted by atomic mass is 16.3. The molecule has 0 amide bonds. The maximum Gasteiger partial charge on any atom is 0.163 e.